The van der Waals surface area contributed by atoms with Gasteiger partial charge >= 0.3 is 0 Å². The molecule has 0 bridgehead atoms. The second kappa shape index (κ2) is 7.87. The zero-order chi connectivity index (χ0) is 14.3. The van der Waals surface area contributed by atoms with Gasteiger partial charge in [-0.1, -0.05) is 22.9 Å². The van der Waals surface area contributed by atoms with E-state index >= 15 is 0 Å². The van der Waals surface area contributed by atoms with Crippen LogP contribution in [0.1, 0.15) is 18.9 Å². The van der Waals surface area contributed by atoms with Crippen LogP contribution in [0.2, 0.25) is 0 Å². The van der Waals surface area contributed by atoms with E-state index < -0.39 is 9.84 Å². The van der Waals surface area contributed by atoms with Crippen LogP contribution >= 0.6 is 15.9 Å². The summed E-state index contributed by atoms with van der Waals surface area (Å²) in [4.78, 5) is 0. The van der Waals surface area contributed by atoms with E-state index in [1.54, 1.807) is 0 Å². The highest BCUT2D eigenvalue weighted by atomic mass is 79.9. The van der Waals surface area contributed by atoms with E-state index in [9.17, 15) is 8.42 Å². The van der Waals surface area contributed by atoms with Crippen molar-refractivity contribution in [1.82, 2.24) is 5.32 Å². The molecule has 1 aromatic carbocycles. The van der Waals surface area contributed by atoms with Gasteiger partial charge in [-0.3, -0.25) is 0 Å². The van der Waals surface area contributed by atoms with Crippen LogP contribution in [0.15, 0.2) is 22.7 Å². The molecule has 0 saturated heterocycles. The molecule has 108 valence electrons. The van der Waals surface area contributed by atoms with Crippen molar-refractivity contribution >= 4 is 25.8 Å². The molecule has 0 radical (unpaired) electrons. The largest absolute Gasteiger partial charge is 0.493 e. The van der Waals surface area contributed by atoms with Gasteiger partial charge in [-0.05, 0) is 37.2 Å². The Kier molecular flexibility index (Phi) is 6.82. The van der Waals surface area contributed by atoms with Crippen molar-refractivity contribution < 1.29 is 13.2 Å². The van der Waals surface area contributed by atoms with Crippen molar-refractivity contribution in [3.8, 4) is 5.75 Å². The minimum Gasteiger partial charge on any atom is -0.493 e. The van der Waals surface area contributed by atoms with Crippen molar-refractivity contribution in [2.75, 3.05) is 25.2 Å². The van der Waals surface area contributed by atoms with Crippen LogP contribution < -0.4 is 10.1 Å². The van der Waals surface area contributed by atoms with E-state index in [4.69, 9.17) is 4.74 Å². The molecule has 0 saturated carbocycles. The highest BCUT2D eigenvalue weighted by Crippen LogP contribution is 2.22. The SMILES string of the molecule is CCCS(=O)(=O)CCOc1ccc(Br)c(CNC)c1. The summed E-state index contributed by atoms with van der Waals surface area (Å²) in [7, 11) is -1.10. The van der Waals surface area contributed by atoms with Gasteiger partial charge in [0.1, 0.15) is 12.4 Å². The summed E-state index contributed by atoms with van der Waals surface area (Å²) in [5.74, 6) is 0.986. The van der Waals surface area contributed by atoms with Crippen molar-refractivity contribution in [1.29, 1.82) is 0 Å². The predicted molar refractivity (Wildman–Crippen MR) is 81.3 cm³/mol. The molecule has 0 aromatic heterocycles. The number of sulfone groups is 1. The number of rotatable bonds is 8. The lowest BCUT2D eigenvalue weighted by Crippen LogP contribution is -2.16. The van der Waals surface area contributed by atoms with Crippen molar-refractivity contribution in [2.24, 2.45) is 0 Å². The minimum atomic E-state index is -2.98. The molecule has 1 rings (SSSR count). The second-order valence-corrected chi connectivity index (χ2v) is 7.44. The zero-order valence-corrected chi connectivity index (χ0v) is 13.7. The van der Waals surface area contributed by atoms with Gasteiger partial charge in [-0.15, -0.1) is 0 Å². The Bertz CT molecular complexity index is 503. The van der Waals surface area contributed by atoms with Crippen molar-refractivity contribution in [3.05, 3.63) is 28.2 Å². The van der Waals surface area contributed by atoms with E-state index in [0.717, 1.165) is 16.6 Å². The molecule has 0 spiro atoms. The standard InChI is InChI=1S/C13H20BrNO3S/c1-3-7-19(16,17)8-6-18-12-4-5-13(14)11(9-12)10-15-2/h4-5,9,15H,3,6-8,10H2,1-2H3. The molecule has 0 atom stereocenters. The van der Waals surface area contributed by atoms with E-state index in [1.165, 1.54) is 0 Å². The van der Waals surface area contributed by atoms with E-state index in [-0.39, 0.29) is 18.1 Å². The summed E-state index contributed by atoms with van der Waals surface area (Å²) in [5.41, 5.74) is 1.08. The van der Waals surface area contributed by atoms with Gasteiger partial charge in [0, 0.05) is 11.0 Å². The summed E-state index contributed by atoms with van der Waals surface area (Å²) in [5, 5.41) is 3.07. The normalized spacial score (nSPS) is 11.5. The lowest BCUT2D eigenvalue weighted by molar-refractivity contribution is 0.340. The number of nitrogens with one attached hydrogen (secondary N) is 1. The Hall–Kier alpha value is -0.590. The average Bonchev–Trinajstić information content (AvgIpc) is 2.33. The molecular formula is C13H20BrNO3S. The van der Waals surface area contributed by atoms with Crippen LogP contribution in [-0.4, -0.2) is 33.6 Å². The number of ether oxygens (including phenoxy) is 1. The Balaban J connectivity index is 2.56. The molecule has 0 aliphatic heterocycles. The Morgan fingerprint density at radius 3 is 2.68 bits per heavy atom. The molecule has 0 heterocycles. The fourth-order valence-corrected chi connectivity index (χ4v) is 3.22. The Morgan fingerprint density at radius 2 is 2.05 bits per heavy atom. The molecule has 0 aliphatic carbocycles. The van der Waals surface area contributed by atoms with Crippen LogP contribution in [0.5, 0.6) is 5.75 Å². The zero-order valence-electron chi connectivity index (χ0n) is 11.3. The number of hydrogen-bond acceptors (Lipinski definition) is 4. The first-order valence-electron chi connectivity index (χ1n) is 6.24. The van der Waals surface area contributed by atoms with E-state index in [0.29, 0.717) is 12.2 Å². The fraction of sp³-hybridized carbons (Fsp3) is 0.538. The Labute approximate surface area is 123 Å². The van der Waals surface area contributed by atoms with Gasteiger partial charge in [-0.2, -0.15) is 0 Å². The monoisotopic (exact) mass is 349 g/mol. The summed E-state index contributed by atoms with van der Waals surface area (Å²) in [6, 6.07) is 5.64. The van der Waals surface area contributed by atoms with Crippen molar-refractivity contribution in [2.45, 2.75) is 19.9 Å². The highest BCUT2D eigenvalue weighted by molar-refractivity contribution is 9.10. The first-order valence-corrected chi connectivity index (χ1v) is 8.86. The Morgan fingerprint density at radius 1 is 1.32 bits per heavy atom. The third-order valence-electron chi connectivity index (χ3n) is 2.56. The molecule has 0 amide bonds. The quantitative estimate of drug-likeness (QED) is 0.782. The van der Waals surface area contributed by atoms with Gasteiger partial charge < -0.3 is 10.1 Å². The van der Waals surface area contributed by atoms with Gasteiger partial charge in [0.25, 0.3) is 0 Å². The fourth-order valence-electron chi connectivity index (χ4n) is 1.67. The lowest BCUT2D eigenvalue weighted by Gasteiger charge is -2.10. The maximum Gasteiger partial charge on any atom is 0.153 e. The molecule has 1 N–H and O–H groups in total. The van der Waals surface area contributed by atoms with E-state index in [2.05, 4.69) is 21.2 Å². The molecule has 1 aromatic rings. The molecular weight excluding hydrogens is 330 g/mol. The predicted octanol–water partition coefficient (Wildman–Crippen LogP) is 2.37. The smallest absolute Gasteiger partial charge is 0.153 e. The van der Waals surface area contributed by atoms with E-state index in [1.807, 2.05) is 32.2 Å². The van der Waals surface area contributed by atoms with Crippen LogP contribution in [0.3, 0.4) is 0 Å². The first kappa shape index (κ1) is 16.5. The van der Waals surface area contributed by atoms with Gasteiger partial charge in [0.05, 0.1) is 11.5 Å². The summed E-state index contributed by atoms with van der Waals surface area (Å²) >= 11 is 3.46. The summed E-state index contributed by atoms with van der Waals surface area (Å²) in [6.07, 6.45) is 0.646. The molecule has 19 heavy (non-hydrogen) atoms. The average molecular weight is 350 g/mol. The summed E-state index contributed by atoms with van der Waals surface area (Å²) < 4.78 is 29.6. The first-order chi connectivity index (χ1) is 8.98. The number of halogens is 1. The van der Waals surface area contributed by atoms with Crippen LogP contribution in [0, 0.1) is 0 Å². The second-order valence-electron chi connectivity index (χ2n) is 4.28. The number of hydrogen-bond donors (Lipinski definition) is 1. The summed E-state index contributed by atoms with van der Waals surface area (Å²) in [6.45, 7) is 2.78. The molecule has 0 unspecified atom stereocenters. The van der Waals surface area contributed by atoms with Crippen LogP contribution in [0.4, 0.5) is 0 Å². The van der Waals surface area contributed by atoms with Crippen LogP contribution in [0.25, 0.3) is 0 Å². The maximum absolute atomic E-state index is 11.5. The topological polar surface area (TPSA) is 55.4 Å². The third-order valence-corrected chi connectivity index (χ3v) is 5.16. The number of benzene rings is 1. The molecule has 0 fully saturated rings. The van der Waals surface area contributed by atoms with Crippen LogP contribution in [-0.2, 0) is 16.4 Å². The molecule has 4 nitrogen and oxygen atoms in total. The van der Waals surface area contributed by atoms with Gasteiger partial charge in [0.15, 0.2) is 9.84 Å². The lowest BCUT2D eigenvalue weighted by atomic mass is 10.2. The maximum atomic E-state index is 11.5. The molecule has 0 aliphatic rings. The highest BCUT2D eigenvalue weighted by Gasteiger charge is 2.09. The third kappa shape index (κ3) is 5.93. The van der Waals surface area contributed by atoms with Gasteiger partial charge in [-0.25, -0.2) is 8.42 Å². The van der Waals surface area contributed by atoms with Crippen molar-refractivity contribution in [3.63, 3.8) is 0 Å². The van der Waals surface area contributed by atoms with Gasteiger partial charge in [0.2, 0.25) is 0 Å². The molecule has 6 heteroatoms. The minimum absolute atomic E-state index is 0.0677.